The number of Topliss-reactive ketones (excluding diaryl/α,β-unsaturated/α-hetero) is 1. The molecule has 1 aliphatic rings. The van der Waals surface area contributed by atoms with E-state index in [1.165, 1.54) is 5.56 Å². The fourth-order valence-electron chi connectivity index (χ4n) is 2.08. The number of hydrogen-bond donors (Lipinski definition) is 1. The first-order chi connectivity index (χ1) is 6.64. The molecule has 0 radical (unpaired) electrons. The van der Waals surface area contributed by atoms with Crippen molar-refractivity contribution < 1.29 is 4.79 Å². The third-order valence-corrected chi connectivity index (χ3v) is 3.13. The third kappa shape index (κ3) is 1.26. The predicted octanol–water partition coefficient (Wildman–Crippen LogP) is 1.64. The van der Waals surface area contributed by atoms with E-state index in [1.54, 1.807) is 6.92 Å². The van der Waals surface area contributed by atoms with E-state index >= 15 is 0 Å². The zero-order valence-corrected chi connectivity index (χ0v) is 8.63. The number of ketones is 1. The van der Waals surface area contributed by atoms with Crippen LogP contribution < -0.4 is 5.32 Å². The number of carbonyl (C=O) groups is 1. The SMILES string of the molecule is CC(=O)C1(C)NCCc2ccccc21. The molecule has 0 aliphatic carbocycles. The molecule has 0 spiro atoms. The molecule has 14 heavy (non-hydrogen) atoms. The number of carbonyl (C=O) groups excluding carboxylic acids is 1. The Hall–Kier alpha value is -1.15. The molecule has 0 saturated heterocycles. The van der Waals surface area contributed by atoms with Gasteiger partial charge in [0, 0.05) is 6.54 Å². The maximum absolute atomic E-state index is 11.6. The van der Waals surface area contributed by atoms with Crippen molar-refractivity contribution in [3.63, 3.8) is 0 Å². The largest absolute Gasteiger partial charge is 0.301 e. The highest BCUT2D eigenvalue weighted by Crippen LogP contribution is 2.28. The molecular formula is C12H15NO. The first-order valence-electron chi connectivity index (χ1n) is 4.99. The molecule has 0 fully saturated rings. The molecule has 2 nitrogen and oxygen atoms in total. The molecule has 0 amide bonds. The highest BCUT2D eigenvalue weighted by molar-refractivity contribution is 5.87. The van der Waals surface area contributed by atoms with Crippen LogP contribution in [0.1, 0.15) is 25.0 Å². The molecule has 1 aromatic carbocycles. The lowest BCUT2D eigenvalue weighted by atomic mass is 9.81. The van der Waals surface area contributed by atoms with Crippen LogP contribution >= 0.6 is 0 Å². The Bertz CT molecular complexity index is 372. The second kappa shape index (κ2) is 3.21. The molecule has 1 heterocycles. The van der Waals surface area contributed by atoms with Crippen LogP contribution in [0.2, 0.25) is 0 Å². The summed E-state index contributed by atoms with van der Waals surface area (Å²) in [6.45, 7) is 4.50. The highest BCUT2D eigenvalue weighted by atomic mass is 16.1. The van der Waals surface area contributed by atoms with Gasteiger partial charge in [-0.1, -0.05) is 24.3 Å². The molecule has 2 heteroatoms. The minimum atomic E-state index is -0.477. The van der Waals surface area contributed by atoms with E-state index < -0.39 is 5.54 Å². The number of benzene rings is 1. The first-order valence-corrected chi connectivity index (χ1v) is 4.99. The summed E-state index contributed by atoms with van der Waals surface area (Å²) in [6, 6.07) is 8.18. The Morgan fingerprint density at radius 3 is 2.86 bits per heavy atom. The molecule has 1 N–H and O–H groups in total. The van der Waals surface area contributed by atoms with E-state index in [0.29, 0.717) is 0 Å². The molecule has 2 rings (SSSR count). The second-order valence-corrected chi connectivity index (χ2v) is 4.02. The summed E-state index contributed by atoms with van der Waals surface area (Å²) >= 11 is 0. The van der Waals surface area contributed by atoms with Crippen LogP contribution in [-0.2, 0) is 16.8 Å². The molecule has 1 atom stereocenters. The van der Waals surface area contributed by atoms with Crippen molar-refractivity contribution >= 4 is 5.78 Å². The van der Waals surface area contributed by atoms with Crippen molar-refractivity contribution in [3.05, 3.63) is 35.4 Å². The standard InChI is InChI=1S/C12H15NO/c1-9(14)12(2)11-6-4-3-5-10(11)7-8-13-12/h3-6,13H,7-8H2,1-2H3. The Kier molecular flexibility index (Phi) is 2.16. The van der Waals surface area contributed by atoms with Crippen molar-refractivity contribution in [2.45, 2.75) is 25.8 Å². The van der Waals surface area contributed by atoms with Gasteiger partial charge < -0.3 is 5.32 Å². The maximum atomic E-state index is 11.6. The predicted molar refractivity (Wildman–Crippen MR) is 56.2 cm³/mol. The topological polar surface area (TPSA) is 29.1 Å². The number of nitrogens with one attached hydrogen (secondary N) is 1. The van der Waals surface area contributed by atoms with Crippen molar-refractivity contribution in [2.75, 3.05) is 6.54 Å². The molecule has 0 bridgehead atoms. The Morgan fingerprint density at radius 1 is 1.43 bits per heavy atom. The van der Waals surface area contributed by atoms with E-state index in [9.17, 15) is 4.79 Å². The van der Waals surface area contributed by atoms with Gasteiger partial charge in [0.05, 0.1) is 0 Å². The van der Waals surface area contributed by atoms with E-state index in [2.05, 4.69) is 11.4 Å². The summed E-state index contributed by atoms with van der Waals surface area (Å²) in [6.07, 6.45) is 1.01. The third-order valence-electron chi connectivity index (χ3n) is 3.13. The van der Waals surface area contributed by atoms with Gasteiger partial charge in [0.15, 0.2) is 5.78 Å². The molecule has 1 aromatic rings. The van der Waals surface area contributed by atoms with Crippen LogP contribution in [0.3, 0.4) is 0 Å². The van der Waals surface area contributed by atoms with Crippen LogP contribution in [0, 0.1) is 0 Å². The zero-order valence-electron chi connectivity index (χ0n) is 8.63. The van der Waals surface area contributed by atoms with Crippen LogP contribution in [0.5, 0.6) is 0 Å². The zero-order chi connectivity index (χ0) is 10.2. The van der Waals surface area contributed by atoms with Gasteiger partial charge in [-0.25, -0.2) is 0 Å². The van der Waals surface area contributed by atoms with Crippen LogP contribution in [0.25, 0.3) is 0 Å². The van der Waals surface area contributed by atoms with Gasteiger partial charge in [-0.3, -0.25) is 4.79 Å². The van der Waals surface area contributed by atoms with Crippen LogP contribution in [0.4, 0.5) is 0 Å². The molecule has 0 saturated carbocycles. The van der Waals surface area contributed by atoms with E-state index in [-0.39, 0.29) is 5.78 Å². The smallest absolute Gasteiger partial charge is 0.154 e. The fourth-order valence-corrected chi connectivity index (χ4v) is 2.08. The monoisotopic (exact) mass is 189 g/mol. The van der Waals surface area contributed by atoms with Crippen LogP contribution in [-0.4, -0.2) is 12.3 Å². The van der Waals surface area contributed by atoms with Gasteiger partial charge in [-0.2, -0.15) is 0 Å². The average Bonchev–Trinajstić information content (AvgIpc) is 2.18. The second-order valence-electron chi connectivity index (χ2n) is 4.02. The molecule has 1 unspecified atom stereocenters. The van der Waals surface area contributed by atoms with Crippen molar-refractivity contribution in [1.29, 1.82) is 0 Å². The number of fused-ring (bicyclic) bond motifs is 1. The summed E-state index contributed by atoms with van der Waals surface area (Å²) in [5.74, 6) is 0.185. The van der Waals surface area contributed by atoms with Crippen LogP contribution in [0.15, 0.2) is 24.3 Å². The van der Waals surface area contributed by atoms with E-state index in [1.807, 2.05) is 25.1 Å². The molecule has 0 aromatic heterocycles. The first kappa shape index (κ1) is 9.41. The molecule has 74 valence electrons. The summed E-state index contributed by atoms with van der Waals surface area (Å²) < 4.78 is 0. The number of hydrogen-bond acceptors (Lipinski definition) is 2. The van der Waals surface area contributed by atoms with Crippen molar-refractivity contribution in [2.24, 2.45) is 0 Å². The van der Waals surface area contributed by atoms with Gasteiger partial charge in [-0.15, -0.1) is 0 Å². The lowest BCUT2D eigenvalue weighted by molar-refractivity contribution is -0.123. The lowest BCUT2D eigenvalue weighted by Gasteiger charge is -2.34. The lowest BCUT2D eigenvalue weighted by Crippen LogP contribution is -2.49. The summed E-state index contributed by atoms with van der Waals surface area (Å²) in [5.41, 5.74) is 1.96. The minimum absolute atomic E-state index is 0.185. The molecular weight excluding hydrogens is 174 g/mol. The fraction of sp³-hybridized carbons (Fsp3) is 0.417. The van der Waals surface area contributed by atoms with Gasteiger partial charge in [0.25, 0.3) is 0 Å². The quantitative estimate of drug-likeness (QED) is 0.727. The van der Waals surface area contributed by atoms with Crippen molar-refractivity contribution in [1.82, 2.24) is 5.32 Å². The van der Waals surface area contributed by atoms with Gasteiger partial charge in [0.2, 0.25) is 0 Å². The summed E-state index contributed by atoms with van der Waals surface area (Å²) in [5, 5.41) is 3.30. The summed E-state index contributed by atoms with van der Waals surface area (Å²) in [4.78, 5) is 11.6. The summed E-state index contributed by atoms with van der Waals surface area (Å²) in [7, 11) is 0. The Balaban J connectivity index is 2.55. The van der Waals surface area contributed by atoms with Gasteiger partial charge >= 0.3 is 0 Å². The van der Waals surface area contributed by atoms with Crippen molar-refractivity contribution in [3.8, 4) is 0 Å². The average molecular weight is 189 g/mol. The Labute approximate surface area is 84.3 Å². The van der Waals surface area contributed by atoms with E-state index in [0.717, 1.165) is 18.5 Å². The van der Waals surface area contributed by atoms with Gasteiger partial charge in [0.1, 0.15) is 5.54 Å². The molecule has 1 aliphatic heterocycles. The minimum Gasteiger partial charge on any atom is -0.301 e. The number of rotatable bonds is 1. The van der Waals surface area contributed by atoms with E-state index in [4.69, 9.17) is 0 Å². The highest BCUT2D eigenvalue weighted by Gasteiger charge is 2.35. The Morgan fingerprint density at radius 2 is 2.14 bits per heavy atom. The maximum Gasteiger partial charge on any atom is 0.154 e. The normalized spacial score (nSPS) is 25.6. The van der Waals surface area contributed by atoms with Gasteiger partial charge in [-0.05, 0) is 31.4 Å².